The molecule has 1 amide bonds. The molecule has 0 radical (unpaired) electrons. The number of sulfonamides is 1. The van der Waals surface area contributed by atoms with E-state index in [0.29, 0.717) is 18.3 Å². The lowest BCUT2D eigenvalue weighted by Gasteiger charge is -2.25. The molecule has 3 rings (SSSR count). The molecule has 1 aliphatic heterocycles. The molecule has 1 atom stereocenters. The lowest BCUT2D eigenvalue weighted by atomic mass is 10.1. The van der Waals surface area contributed by atoms with Crippen LogP contribution >= 0.6 is 0 Å². The first-order valence-corrected chi connectivity index (χ1v) is 11.5. The third-order valence-electron chi connectivity index (χ3n) is 5.38. The fourth-order valence-electron chi connectivity index (χ4n) is 3.72. The van der Waals surface area contributed by atoms with Gasteiger partial charge in [0.25, 0.3) is 0 Å². The predicted molar refractivity (Wildman–Crippen MR) is 117 cm³/mol. The Kier molecular flexibility index (Phi) is 6.99. The number of amides is 1. The monoisotopic (exact) mass is 431 g/mol. The van der Waals surface area contributed by atoms with E-state index in [-0.39, 0.29) is 17.3 Å². The average Bonchev–Trinajstić information content (AvgIpc) is 3.06. The van der Waals surface area contributed by atoms with Gasteiger partial charge in [-0.3, -0.25) is 4.79 Å². The third kappa shape index (κ3) is 4.94. The van der Waals surface area contributed by atoms with E-state index in [9.17, 15) is 13.2 Å². The highest BCUT2D eigenvalue weighted by molar-refractivity contribution is 7.89. The smallest absolute Gasteiger partial charge is 0.243 e. The second-order valence-corrected chi connectivity index (χ2v) is 9.56. The summed E-state index contributed by atoms with van der Waals surface area (Å²) in [4.78, 5) is 14.7. The Morgan fingerprint density at radius 1 is 1.20 bits per heavy atom. The quantitative estimate of drug-likeness (QED) is 0.616. The van der Waals surface area contributed by atoms with E-state index in [1.807, 2.05) is 6.07 Å². The van der Waals surface area contributed by atoms with Gasteiger partial charge >= 0.3 is 0 Å². The Hall–Kier alpha value is -2.58. The minimum absolute atomic E-state index is 0.125. The lowest BCUT2D eigenvalue weighted by Crippen LogP contribution is -2.39. The summed E-state index contributed by atoms with van der Waals surface area (Å²) in [5.41, 5.74) is 2.63. The van der Waals surface area contributed by atoms with E-state index in [2.05, 4.69) is 35.3 Å². The van der Waals surface area contributed by atoms with E-state index >= 15 is 0 Å². The number of nitrogens with one attached hydrogen (secondary N) is 1. The molecule has 0 aromatic heterocycles. The zero-order valence-corrected chi connectivity index (χ0v) is 18.5. The summed E-state index contributed by atoms with van der Waals surface area (Å²) in [5, 5.41) is 2.83. The SMILES string of the molecule is COc1ccc(S(=O)(=O)N(C)CC(=O)NCCCN2c3ccccc3C[C@@H]2C)cc1. The van der Waals surface area contributed by atoms with Gasteiger partial charge < -0.3 is 15.0 Å². The van der Waals surface area contributed by atoms with Crippen LogP contribution < -0.4 is 15.0 Å². The van der Waals surface area contributed by atoms with Crippen molar-refractivity contribution in [1.29, 1.82) is 0 Å². The summed E-state index contributed by atoms with van der Waals surface area (Å²) >= 11 is 0. The van der Waals surface area contributed by atoms with Crippen molar-refractivity contribution in [2.24, 2.45) is 0 Å². The molecule has 1 heterocycles. The second kappa shape index (κ2) is 9.49. The van der Waals surface area contributed by atoms with Crippen LogP contribution in [0.4, 0.5) is 5.69 Å². The summed E-state index contributed by atoms with van der Waals surface area (Å²) < 4.78 is 31.4. The third-order valence-corrected chi connectivity index (χ3v) is 7.20. The number of carbonyl (C=O) groups is 1. The summed E-state index contributed by atoms with van der Waals surface area (Å²) in [7, 11) is -0.813. The molecule has 0 bridgehead atoms. The number of ether oxygens (including phenoxy) is 1. The van der Waals surface area contributed by atoms with Crippen molar-refractivity contribution < 1.29 is 17.9 Å². The van der Waals surface area contributed by atoms with Gasteiger partial charge in [0.1, 0.15) is 5.75 Å². The molecule has 0 saturated heterocycles. The Morgan fingerprint density at radius 2 is 1.90 bits per heavy atom. The largest absolute Gasteiger partial charge is 0.497 e. The molecule has 7 nitrogen and oxygen atoms in total. The van der Waals surface area contributed by atoms with Crippen LogP contribution in [0.25, 0.3) is 0 Å². The van der Waals surface area contributed by atoms with E-state index in [0.717, 1.165) is 23.7 Å². The molecular formula is C22H29N3O4S. The van der Waals surface area contributed by atoms with Crippen molar-refractivity contribution in [2.75, 3.05) is 38.7 Å². The first kappa shape index (κ1) is 22.1. The van der Waals surface area contributed by atoms with Gasteiger partial charge in [0, 0.05) is 31.9 Å². The van der Waals surface area contributed by atoms with Crippen LogP contribution in [0, 0.1) is 0 Å². The first-order valence-electron chi connectivity index (χ1n) is 10.0. The topological polar surface area (TPSA) is 79.0 Å². The van der Waals surface area contributed by atoms with Crippen LogP contribution in [0.1, 0.15) is 18.9 Å². The number of para-hydroxylation sites is 1. The Labute approximate surface area is 178 Å². The van der Waals surface area contributed by atoms with Crippen molar-refractivity contribution in [3.63, 3.8) is 0 Å². The summed E-state index contributed by atoms with van der Waals surface area (Å²) in [6.07, 6.45) is 1.83. The maximum atomic E-state index is 12.6. The molecule has 0 saturated carbocycles. The lowest BCUT2D eigenvalue weighted by molar-refractivity contribution is -0.121. The number of anilines is 1. The van der Waals surface area contributed by atoms with Crippen LogP contribution in [0.2, 0.25) is 0 Å². The van der Waals surface area contributed by atoms with Crippen LogP contribution in [-0.2, 0) is 21.2 Å². The minimum Gasteiger partial charge on any atom is -0.497 e. The zero-order valence-electron chi connectivity index (χ0n) is 17.7. The summed E-state index contributed by atoms with van der Waals surface area (Å²) in [6, 6.07) is 14.9. The Morgan fingerprint density at radius 3 is 2.60 bits per heavy atom. The Balaban J connectivity index is 1.46. The van der Waals surface area contributed by atoms with Gasteiger partial charge in [-0.25, -0.2) is 8.42 Å². The highest BCUT2D eigenvalue weighted by Crippen LogP contribution is 2.31. The van der Waals surface area contributed by atoms with Gasteiger partial charge in [0.05, 0.1) is 18.6 Å². The van der Waals surface area contributed by atoms with Gasteiger partial charge in [-0.05, 0) is 55.7 Å². The second-order valence-electron chi connectivity index (χ2n) is 7.52. The molecule has 8 heteroatoms. The molecule has 0 spiro atoms. The molecule has 0 fully saturated rings. The predicted octanol–water partition coefficient (Wildman–Crippen LogP) is 2.27. The number of hydrogen-bond donors (Lipinski definition) is 1. The summed E-state index contributed by atoms with van der Waals surface area (Å²) in [5.74, 6) is 0.258. The van der Waals surface area contributed by atoms with Crippen LogP contribution in [0.5, 0.6) is 5.75 Å². The minimum atomic E-state index is -3.73. The number of fused-ring (bicyclic) bond motifs is 1. The molecular weight excluding hydrogens is 402 g/mol. The average molecular weight is 432 g/mol. The molecule has 162 valence electrons. The van der Waals surface area contributed by atoms with Gasteiger partial charge in [-0.1, -0.05) is 18.2 Å². The van der Waals surface area contributed by atoms with Crippen LogP contribution in [0.15, 0.2) is 53.4 Å². The zero-order chi connectivity index (χ0) is 21.7. The fraction of sp³-hybridized carbons (Fsp3) is 0.409. The van der Waals surface area contributed by atoms with Crippen LogP contribution in [0.3, 0.4) is 0 Å². The van der Waals surface area contributed by atoms with Gasteiger partial charge in [0.15, 0.2) is 0 Å². The van der Waals surface area contributed by atoms with Crippen molar-refractivity contribution in [3.8, 4) is 5.75 Å². The molecule has 1 N–H and O–H groups in total. The number of carbonyl (C=O) groups excluding carboxylic acids is 1. The standard InChI is InChI=1S/C22H29N3O4S/c1-17-15-18-7-4-5-8-21(18)25(17)14-6-13-23-22(26)16-24(2)30(27,28)20-11-9-19(29-3)10-12-20/h4-5,7-12,17H,6,13-16H2,1-3H3,(H,23,26)/t17-/m0/s1. The highest BCUT2D eigenvalue weighted by Gasteiger charge is 2.25. The maximum absolute atomic E-state index is 12.6. The highest BCUT2D eigenvalue weighted by atomic mass is 32.2. The number of rotatable bonds is 9. The van der Waals surface area contributed by atoms with E-state index in [1.54, 1.807) is 12.1 Å². The number of benzene rings is 2. The van der Waals surface area contributed by atoms with Crippen molar-refractivity contribution >= 4 is 21.6 Å². The normalized spacial score (nSPS) is 15.9. The van der Waals surface area contributed by atoms with Crippen molar-refractivity contribution in [3.05, 3.63) is 54.1 Å². The Bertz CT molecular complexity index is 976. The maximum Gasteiger partial charge on any atom is 0.243 e. The van der Waals surface area contributed by atoms with Crippen molar-refractivity contribution in [2.45, 2.75) is 30.7 Å². The number of likely N-dealkylation sites (N-methyl/N-ethyl adjacent to an activating group) is 1. The number of methoxy groups -OCH3 is 1. The number of nitrogens with zero attached hydrogens (tertiary/aromatic N) is 2. The number of hydrogen-bond acceptors (Lipinski definition) is 5. The van der Waals surface area contributed by atoms with Crippen molar-refractivity contribution in [1.82, 2.24) is 9.62 Å². The van der Waals surface area contributed by atoms with E-state index in [1.165, 1.54) is 37.5 Å². The van der Waals surface area contributed by atoms with Crippen LogP contribution in [-0.4, -0.2) is 58.5 Å². The molecule has 1 aliphatic rings. The van der Waals surface area contributed by atoms with Gasteiger partial charge in [-0.15, -0.1) is 0 Å². The molecule has 0 unspecified atom stereocenters. The molecule has 2 aromatic carbocycles. The first-order chi connectivity index (χ1) is 14.3. The van der Waals surface area contributed by atoms with Gasteiger partial charge in [-0.2, -0.15) is 4.31 Å². The van der Waals surface area contributed by atoms with Gasteiger partial charge in [0.2, 0.25) is 15.9 Å². The summed E-state index contributed by atoms with van der Waals surface area (Å²) in [6.45, 7) is 3.33. The fourth-order valence-corrected chi connectivity index (χ4v) is 4.85. The molecule has 2 aromatic rings. The van der Waals surface area contributed by atoms with E-state index < -0.39 is 10.0 Å². The molecule has 0 aliphatic carbocycles. The van der Waals surface area contributed by atoms with E-state index in [4.69, 9.17) is 4.74 Å². The molecule has 30 heavy (non-hydrogen) atoms.